The summed E-state index contributed by atoms with van der Waals surface area (Å²) in [5.74, 6) is 3.28. The molecule has 1 aliphatic rings. The van der Waals surface area contributed by atoms with E-state index in [4.69, 9.17) is 11.2 Å². The predicted molar refractivity (Wildman–Crippen MR) is 40.3 cm³/mol. The van der Waals surface area contributed by atoms with Crippen LogP contribution in [0, 0.1) is 12.3 Å². The molecule has 2 heterocycles. The summed E-state index contributed by atoms with van der Waals surface area (Å²) in [5, 5.41) is 4.08. The summed E-state index contributed by atoms with van der Waals surface area (Å²) in [5.41, 5.74) is 0.754. The van der Waals surface area contributed by atoms with Gasteiger partial charge in [-0.2, -0.15) is 5.10 Å². The van der Waals surface area contributed by atoms with Crippen LogP contribution < -0.4 is 4.74 Å². The lowest BCUT2D eigenvalue weighted by Crippen LogP contribution is -2.14. The SMILES string of the molecule is C#Cc1cnn2c1OCCC2. The lowest BCUT2D eigenvalue weighted by atomic mass is 10.3. The van der Waals surface area contributed by atoms with Crippen LogP contribution in [0.4, 0.5) is 0 Å². The first-order chi connectivity index (χ1) is 5.42. The number of aryl methyl sites for hydroxylation is 1. The predicted octanol–water partition coefficient (Wildman–Crippen LogP) is 0.647. The molecule has 3 heteroatoms. The third kappa shape index (κ3) is 0.874. The van der Waals surface area contributed by atoms with Crippen molar-refractivity contribution in [2.75, 3.05) is 6.61 Å². The van der Waals surface area contributed by atoms with Gasteiger partial charge in [-0.25, -0.2) is 4.68 Å². The van der Waals surface area contributed by atoms with Crippen LogP contribution >= 0.6 is 0 Å². The van der Waals surface area contributed by atoms with E-state index in [2.05, 4.69) is 11.0 Å². The zero-order chi connectivity index (χ0) is 7.68. The third-order valence-electron chi connectivity index (χ3n) is 1.70. The minimum atomic E-state index is 0.749. The molecule has 1 aromatic heterocycles. The van der Waals surface area contributed by atoms with Crippen LogP contribution in [-0.4, -0.2) is 16.4 Å². The van der Waals surface area contributed by atoms with E-state index in [0.29, 0.717) is 0 Å². The molecule has 0 amide bonds. The van der Waals surface area contributed by atoms with Crippen molar-refractivity contribution in [1.82, 2.24) is 9.78 Å². The van der Waals surface area contributed by atoms with Crippen LogP contribution in [0.15, 0.2) is 6.20 Å². The summed E-state index contributed by atoms with van der Waals surface area (Å²) in [7, 11) is 0. The van der Waals surface area contributed by atoms with Crippen LogP contribution in [0.5, 0.6) is 5.88 Å². The van der Waals surface area contributed by atoms with Crippen LogP contribution in [0.2, 0.25) is 0 Å². The Hall–Kier alpha value is -1.43. The topological polar surface area (TPSA) is 27.1 Å². The molecule has 0 saturated carbocycles. The van der Waals surface area contributed by atoms with E-state index in [0.717, 1.165) is 31.0 Å². The van der Waals surface area contributed by atoms with Crippen molar-refractivity contribution in [2.45, 2.75) is 13.0 Å². The molecule has 1 aliphatic heterocycles. The summed E-state index contributed by atoms with van der Waals surface area (Å²) in [4.78, 5) is 0. The zero-order valence-corrected chi connectivity index (χ0v) is 6.08. The Morgan fingerprint density at radius 1 is 1.73 bits per heavy atom. The first-order valence-electron chi connectivity index (χ1n) is 3.57. The summed E-state index contributed by atoms with van der Waals surface area (Å²) < 4.78 is 7.15. The average Bonchev–Trinajstić information content (AvgIpc) is 2.47. The molecule has 0 spiro atoms. The lowest BCUT2D eigenvalue weighted by molar-refractivity contribution is 0.230. The Labute approximate surface area is 65.0 Å². The van der Waals surface area contributed by atoms with Crippen LogP contribution in [0.25, 0.3) is 0 Å². The number of nitrogens with zero attached hydrogens (tertiary/aromatic N) is 2. The van der Waals surface area contributed by atoms with Crippen molar-refractivity contribution < 1.29 is 4.74 Å². The molecular formula is C8H8N2O. The van der Waals surface area contributed by atoms with Gasteiger partial charge in [0.05, 0.1) is 12.8 Å². The van der Waals surface area contributed by atoms with Gasteiger partial charge in [-0.15, -0.1) is 6.42 Å². The molecule has 0 bridgehead atoms. The highest BCUT2D eigenvalue weighted by molar-refractivity contribution is 5.39. The number of hydrogen-bond donors (Lipinski definition) is 0. The maximum atomic E-state index is 5.34. The monoisotopic (exact) mass is 148 g/mol. The first-order valence-corrected chi connectivity index (χ1v) is 3.57. The second-order valence-corrected chi connectivity index (χ2v) is 2.43. The number of hydrogen-bond acceptors (Lipinski definition) is 2. The highest BCUT2D eigenvalue weighted by atomic mass is 16.5. The number of aromatic nitrogens is 2. The minimum absolute atomic E-state index is 0.749. The van der Waals surface area contributed by atoms with Gasteiger partial charge in [0.15, 0.2) is 0 Å². The van der Waals surface area contributed by atoms with Crippen molar-refractivity contribution in [3.8, 4) is 18.2 Å². The third-order valence-corrected chi connectivity index (χ3v) is 1.70. The van der Waals surface area contributed by atoms with Gasteiger partial charge in [0.2, 0.25) is 5.88 Å². The molecule has 0 saturated heterocycles. The molecule has 1 aromatic rings. The molecule has 0 fully saturated rings. The summed E-state index contributed by atoms with van der Waals surface area (Å²) in [6.07, 6.45) is 7.91. The van der Waals surface area contributed by atoms with Gasteiger partial charge in [0.25, 0.3) is 0 Å². The lowest BCUT2D eigenvalue weighted by Gasteiger charge is -2.14. The molecule has 56 valence electrons. The standard InChI is InChI=1S/C8H8N2O/c1-2-7-6-9-10-4-3-5-11-8(7)10/h1,6H,3-5H2. The first kappa shape index (κ1) is 6.29. The normalized spacial score (nSPS) is 14.8. The van der Waals surface area contributed by atoms with Gasteiger partial charge in [-0.3, -0.25) is 0 Å². The van der Waals surface area contributed by atoms with Gasteiger partial charge < -0.3 is 4.74 Å². The summed E-state index contributed by atoms with van der Waals surface area (Å²) in [6.45, 7) is 1.66. The highest BCUT2D eigenvalue weighted by Crippen LogP contribution is 2.20. The fourth-order valence-electron chi connectivity index (χ4n) is 1.17. The highest BCUT2D eigenvalue weighted by Gasteiger charge is 2.13. The van der Waals surface area contributed by atoms with E-state index in [1.807, 2.05) is 0 Å². The van der Waals surface area contributed by atoms with Crippen LogP contribution in [0.1, 0.15) is 12.0 Å². The van der Waals surface area contributed by atoms with Gasteiger partial charge >= 0.3 is 0 Å². The average molecular weight is 148 g/mol. The molecule has 3 nitrogen and oxygen atoms in total. The Kier molecular flexibility index (Phi) is 1.32. The second kappa shape index (κ2) is 2.31. The Morgan fingerprint density at radius 3 is 3.45 bits per heavy atom. The van der Waals surface area contributed by atoms with E-state index in [9.17, 15) is 0 Å². The molecule has 0 atom stereocenters. The summed E-state index contributed by atoms with van der Waals surface area (Å²) >= 11 is 0. The van der Waals surface area contributed by atoms with Crippen molar-refractivity contribution in [3.05, 3.63) is 11.8 Å². The fraction of sp³-hybridized carbons (Fsp3) is 0.375. The van der Waals surface area contributed by atoms with Crippen molar-refractivity contribution in [1.29, 1.82) is 0 Å². The van der Waals surface area contributed by atoms with Gasteiger partial charge in [0.1, 0.15) is 5.56 Å². The van der Waals surface area contributed by atoms with Crippen molar-refractivity contribution >= 4 is 0 Å². The van der Waals surface area contributed by atoms with Gasteiger partial charge in [-0.05, 0) is 0 Å². The Bertz CT molecular complexity index is 308. The largest absolute Gasteiger partial charge is 0.477 e. The number of fused-ring (bicyclic) bond motifs is 1. The quantitative estimate of drug-likeness (QED) is 0.505. The van der Waals surface area contributed by atoms with E-state index >= 15 is 0 Å². The van der Waals surface area contributed by atoms with Crippen molar-refractivity contribution in [2.24, 2.45) is 0 Å². The second-order valence-electron chi connectivity index (χ2n) is 2.43. The molecule has 0 unspecified atom stereocenters. The minimum Gasteiger partial charge on any atom is -0.477 e. The molecular weight excluding hydrogens is 140 g/mol. The van der Waals surface area contributed by atoms with Crippen LogP contribution in [-0.2, 0) is 6.54 Å². The molecule has 0 aromatic carbocycles. The van der Waals surface area contributed by atoms with E-state index < -0.39 is 0 Å². The number of terminal acetylenes is 1. The van der Waals surface area contributed by atoms with Gasteiger partial charge in [0, 0.05) is 13.0 Å². The number of rotatable bonds is 0. The maximum absolute atomic E-state index is 5.34. The van der Waals surface area contributed by atoms with Gasteiger partial charge in [-0.1, -0.05) is 5.92 Å². The maximum Gasteiger partial charge on any atom is 0.227 e. The molecule has 0 aliphatic carbocycles. The molecule has 0 radical (unpaired) electrons. The molecule has 11 heavy (non-hydrogen) atoms. The Balaban J connectivity index is 2.48. The van der Waals surface area contributed by atoms with E-state index in [1.165, 1.54) is 0 Å². The van der Waals surface area contributed by atoms with E-state index in [1.54, 1.807) is 10.9 Å². The van der Waals surface area contributed by atoms with Crippen molar-refractivity contribution in [3.63, 3.8) is 0 Å². The molecule has 0 N–H and O–H groups in total. The molecule has 2 rings (SSSR count). The fourth-order valence-corrected chi connectivity index (χ4v) is 1.17. The van der Waals surface area contributed by atoms with E-state index in [-0.39, 0.29) is 0 Å². The Morgan fingerprint density at radius 2 is 2.64 bits per heavy atom. The number of ether oxygens (including phenoxy) is 1. The summed E-state index contributed by atoms with van der Waals surface area (Å²) in [6, 6.07) is 0. The smallest absolute Gasteiger partial charge is 0.227 e. The zero-order valence-electron chi connectivity index (χ0n) is 6.08. The van der Waals surface area contributed by atoms with Crippen LogP contribution in [0.3, 0.4) is 0 Å².